The molecule has 4 heteroatoms. The second-order valence-corrected chi connectivity index (χ2v) is 3.38. The molecule has 74 valence electrons. The van der Waals surface area contributed by atoms with Crippen LogP contribution in [0.15, 0.2) is 18.2 Å². The Balaban J connectivity index is 2.76. The predicted octanol–water partition coefficient (Wildman–Crippen LogP) is 2.78. The van der Waals surface area contributed by atoms with Crippen molar-refractivity contribution in [2.75, 3.05) is 0 Å². The van der Waals surface area contributed by atoms with E-state index in [9.17, 15) is 4.39 Å². The van der Waals surface area contributed by atoms with Gasteiger partial charge in [-0.15, -0.1) is 0 Å². The molecule has 0 amide bonds. The second-order valence-electron chi connectivity index (χ2n) is 2.98. The Morgan fingerprint density at radius 3 is 2.86 bits per heavy atom. The van der Waals surface area contributed by atoms with Gasteiger partial charge in [-0.1, -0.05) is 17.7 Å². The average molecular weight is 213 g/mol. The Hall–Kier alpha value is -1.11. The first kappa shape index (κ1) is 11.0. The molecule has 1 atom stereocenters. The molecule has 1 unspecified atom stereocenters. The summed E-state index contributed by atoms with van der Waals surface area (Å²) in [6.45, 7) is 0. The van der Waals surface area contributed by atoms with Crippen molar-refractivity contribution in [1.29, 1.82) is 5.26 Å². The third-order valence-corrected chi connectivity index (χ3v) is 2.23. The van der Waals surface area contributed by atoms with E-state index in [0.717, 1.165) is 5.56 Å². The molecule has 2 N–H and O–H groups in total. The van der Waals surface area contributed by atoms with E-state index in [-0.39, 0.29) is 11.1 Å². The van der Waals surface area contributed by atoms with E-state index < -0.39 is 5.82 Å². The van der Waals surface area contributed by atoms with Crippen LogP contribution >= 0.6 is 11.6 Å². The van der Waals surface area contributed by atoms with E-state index in [4.69, 9.17) is 22.6 Å². The maximum atomic E-state index is 12.8. The van der Waals surface area contributed by atoms with Gasteiger partial charge in [0.05, 0.1) is 11.1 Å². The van der Waals surface area contributed by atoms with Gasteiger partial charge in [0, 0.05) is 12.5 Å². The number of rotatable bonds is 3. The lowest BCUT2D eigenvalue weighted by Gasteiger charge is -2.10. The first-order valence-electron chi connectivity index (χ1n) is 4.22. The van der Waals surface area contributed by atoms with Crippen LogP contribution < -0.4 is 5.73 Å². The molecule has 0 saturated heterocycles. The molecule has 0 fully saturated rings. The Labute approximate surface area is 87.1 Å². The van der Waals surface area contributed by atoms with Gasteiger partial charge in [0.25, 0.3) is 0 Å². The van der Waals surface area contributed by atoms with Gasteiger partial charge in [-0.05, 0) is 24.1 Å². The van der Waals surface area contributed by atoms with Gasteiger partial charge < -0.3 is 5.73 Å². The van der Waals surface area contributed by atoms with Gasteiger partial charge >= 0.3 is 0 Å². The molecule has 0 aliphatic rings. The van der Waals surface area contributed by atoms with Gasteiger partial charge in [0.2, 0.25) is 0 Å². The highest BCUT2D eigenvalue weighted by Gasteiger charge is 2.08. The van der Waals surface area contributed by atoms with E-state index in [2.05, 4.69) is 0 Å². The Morgan fingerprint density at radius 2 is 2.29 bits per heavy atom. The van der Waals surface area contributed by atoms with Crippen LogP contribution in [0.1, 0.15) is 24.4 Å². The highest BCUT2D eigenvalue weighted by Crippen LogP contribution is 2.21. The van der Waals surface area contributed by atoms with Crippen LogP contribution in [0.5, 0.6) is 0 Å². The highest BCUT2D eigenvalue weighted by atomic mass is 35.5. The minimum atomic E-state index is -0.456. The summed E-state index contributed by atoms with van der Waals surface area (Å²) < 4.78 is 12.8. The minimum Gasteiger partial charge on any atom is -0.324 e. The van der Waals surface area contributed by atoms with Crippen molar-refractivity contribution in [3.05, 3.63) is 34.6 Å². The van der Waals surface area contributed by atoms with Crippen molar-refractivity contribution in [2.45, 2.75) is 18.9 Å². The number of halogens is 2. The van der Waals surface area contributed by atoms with Crippen molar-refractivity contribution < 1.29 is 4.39 Å². The smallest absolute Gasteiger partial charge is 0.141 e. The van der Waals surface area contributed by atoms with Crippen LogP contribution in [0.3, 0.4) is 0 Å². The number of nitriles is 1. The van der Waals surface area contributed by atoms with E-state index >= 15 is 0 Å². The standard InChI is InChI=1S/C10H10ClFN2/c11-8-6-7(3-4-9(8)12)10(14)2-1-5-13/h3-4,6,10H,1-2,14H2. The maximum absolute atomic E-state index is 12.8. The zero-order chi connectivity index (χ0) is 10.6. The van der Waals surface area contributed by atoms with Gasteiger partial charge in [-0.2, -0.15) is 5.26 Å². The summed E-state index contributed by atoms with van der Waals surface area (Å²) in [5, 5.41) is 8.43. The summed E-state index contributed by atoms with van der Waals surface area (Å²) in [5.41, 5.74) is 6.52. The van der Waals surface area contributed by atoms with Crippen LogP contribution in [-0.2, 0) is 0 Å². The lowest BCUT2D eigenvalue weighted by atomic mass is 10.0. The highest BCUT2D eigenvalue weighted by molar-refractivity contribution is 6.30. The normalized spacial score (nSPS) is 12.1. The van der Waals surface area contributed by atoms with Crippen LogP contribution in [0.25, 0.3) is 0 Å². The van der Waals surface area contributed by atoms with Gasteiger partial charge in [0.1, 0.15) is 5.82 Å². The summed E-state index contributed by atoms with van der Waals surface area (Å²) in [6, 6.07) is 6.12. The fourth-order valence-electron chi connectivity index (χ4n) is 1.13. The first-order chi connectivity index (χ1) is 6.65. The second kappa shape index (κ2) is 4.94. The topological polar surface area (TPSA) is 49.8 Å². The Morgan fingerprint density at radius 1 is 1.57 bits per heavy atom. The molecule has 0 radical (unpaired) electrons. The lowest BCUT2D eigenvalue weighted by Crippen LogP contribution is -2.09. The summed E-state index contributed by atoms with van der Waals surface area (Å²) in [7, 11) is 0. The molecule has 0 aromatic heterocycles. The Bertz CT molecular complexity index is 360. The summed E-state index contributed by atoms with van der Waals surface area (Å²) in [4.78, 5) is 0. The average Bonchev–Trinajstić information content (AvgIpc) is 2.18. The maximum Gasteiger partial charge on any atom is 0.141 e. The Kier molecular flexibility index (Phi) is 3.87. The quantitative estimate of drug-likeness (QED) is 0.838. The third-order valence-electron chi connectivity index (χ3n) is 1.94. The van der Waals surface area contributed by atoms with Crippen LogP contribution in [-0.4, -0.2) is 0 Å². The molecule has 1 aromatic carbocycles. The molecule has 0 aliphatic heterocycles. The first-order valence-corrected chi connectivity index (χ1v) is 4.60. The van der Waals surface area contributed by atoms with Gasteiger partial charge in [-0.3, -0.25) is 0 Å². The summed E-state index contributed by atoms with van der Waals surface area (Å²) >= 11 is 5.60. The fraction of sp³-hybridized carbons (Fsp3) is 0.300. The molecular formula is C10H10ClFN2. The minimum absolute atomic E-state index is 0.0647. The monoisotopic (exact) mass is 212 g/mol. The van der Waals surface area contributed by atoms with E-state index in [1.165, 1.54) is 12.1 Å². The molecular weight excluding hydrogens is 203 g/mol. The molecule has 0 aliphatic carbocycles. The fourth-order valence-corrected chi connectivity index (χ4v) is 1.32. The van der Waals surface area contributed by atoms with Crippen LogP contribution in [0.4, 0.5) is 4.39 Å². The molecule has 0 heterocycles. The van der Waals surface area contributed by atoms with E-state index in [0.29, 0.717) is 12.8 Å². The van der Waals surface area contributed by atoms with Crippen molar-refractivity contribution in [1.82, 2.24) is 0 Å². The molecule has 2 nitrogen and oxygen atoms in total. The largest absolute Gasteiger partial charge is 0.324 e. The lowest BCUT2D eigenvalue weighted by molar-refractivity contribution is 0.621. The molecule has 0 saturated carbocycles. The molecule has 0 bridgehead atoms. The van der Waals surface area contributed by atoms with E-state index in [1.54, 1.807) is 6.07 Å². The van der Waals surface area contributed by atoms with Gasteiger partial charge in [0.15, 0.2) is 0 Å². The molecule has 0 spiro atoms. The molecule has 1 aromatic rings. The SMILES string of the molecule is N#CCCC(N)c1ccc(F)c(Cl)c1. The molecule has 14 heavy (non-hydrogen) atoms. The van der Waals surface area contributed by atoms with Crippen molar-refractivity contribution in [3.8, 4) is 6.07 Å². The summed E-state index contributed by atoms with van der Waals surface area (Å²) in [6.07, 6.45) is 0.939. The van der Waals surface area contributed by atoms with Crippen LogP contribution in [0, 0.1) is 17.1 Å². The van der Waals surface area contributed by atoms with Crippen molar-refractivity contribution in [3.63, 3.8) is 0 Å². The zero-order valence-electron chi connectivity index (χ0n) is 7.50. The van der Waals surface area contributed by atoms with Crippen LogP contribution in [0.2, 0.25) is 5.02 Å². The van der Waals surface area contributed by atoms with Crippen molar-refractivity contribution >= 4 is 11.6 Å². The number of hydrogen-bond donors (Lipinski definition) is 1. The van der Waals surface area contributed by atoms with E-state index in [1.807, 2.05) is 6.07 Å². The number of nitrogens with zero attached hydrogens (tertiary/aromatic N) is 1. The predicted molar refractivity (Wildman–Crippen MR) is 53.2 cm³/mol. The number of nitrogens with two attached hydrogens (primary N) is 1. The van der Waals surface area contributed by atoms with Crippen molar-refractivity contribution in [2.24, 2.45) is 5.73 Å². The number of hydrogen-bond acceptors (Lipinski definition) is 2. The van der Waals surface area contributed by atoms with Gasteiger partial charge in [-0.25, -0.2) is 4.39 Å². The summed E-state index contributed by atoms with van der Waals surface area (Å²) in [5.74, 6) is -0.456. The molecule has 1 rings (SSSR count). The zero-order valence-corrected chi connectivity index (χ0v) is 8.26. The number of benzene rings is 1. The third kappa shape index (κ3) is 2.69.